The quantitative estimate of drug-likeness (QED) is 0.818. The van der Waals surface area contributed by atoms with Gasteiger partial charge in [0.2, 0.25) is 0 Å². The molecule has 0 amide bonds. The molecule has 2 aliphatic carbocycles. The number of hydrogen-bond donors (Lipinski definition) is 1. The van der Waals surface area contributed by atoms with Gasteiger partial charge >= 0.3 is 0 Å². The molecular weight excluding hydrogens is 232 g/mol. The summed E-state index contributed by atoms with van der Waals surface area (Å²) in [4.78, 5) is 2.68. The van der Waals surface area contributed by atoms with Gasteiger partial charge in [-0.25, -0.2) is 0 Å². The minimum Gasteiger partial charge on any atom is -0.399 e. The second-order valence-electron chi connectivity index (χ2n) is 5.94. The van der Waals surface area contributed by atoms with Gasteiger partial charge in [0, 0.05) is 11.7 Å². The van der Waals surface area contributed by atoms with Crippen LogP contribution in [0.1, 0.15) is 46.5 Å². The monoisotopic (exact) mass is 260 g/mol. The molecule has 2 N–H and O–H groups in total. The molecule has 2 rings (SSSR count). The third kappa shape index (κ3) is 3.30. The van der Waals surface area contributed by atoms with E-state index >= 15 is 0 Å². The third-order valence-electron chi connectivity index (χ3n) is 4.33. The smallest absolute Gasteiger partial charge is 0.0279 e. The summed E-state index contributed by atoms with van der Waals surface area (Å²) in [5.74, 6) is 0.500. The molecule has 2 unspecified atom stereocenters. The van der Waals surface area contributed by atoms with Crippen molar-refractivity contribution in [3.63, 3.8) is 0 Å². The van der Waals surface area contributed by atoms with Crippen molar-refractivity contribution in [3.05, 3.63) is 35.1 Å². The Bertz CT molecular complexity index is 397. The number of allylic oxidation sites excluding steroid dienone is 3. The Morgan fingerprint density at radius 3 is 2.47 bits per heavy atom. The number of hydrogen-bond acceptors (Lipinski definition) is 2. The van der Waals surface area contributed by atoms with Crippen molar-refractivity contribution in [1.29, 1.82) is 0 Å². The Morgan fingerprint density at radius 2 is 1.84 bits per heavy atom. The van der Waals surface area contributed by atoms with Crippen LogP contribution in [0.15, 0.2) is 35.1 Å². The first kappa shape index (κ1) is 14.4. The van der Waals surface area contributed by atoms with Crippen LogP contribution in [0.25, 0.3) is 0 Å². The highest BCUT2D eigenvalue weighted by molar-refractivity contribution is 5.41. The first-order chi connectivity index (χ1) is 9.15. The number of nitrogens with zero attached hydrogens (tertiary/aromatic N) is 1. The standard InChI is InChI=1S/C17H28N2/c1-4-8-19(9-5-2)16-11-14-6-7-15(18)10-13(3)17(14)12-16/h6-7,10,13,16H,4-5,8-9,11-12,18H2,1-3H3. The fourth-order valence-electron chi connectivity index (χ4n) is 3.45. The highest BCUT2D eigenvalue weighted by Crippen LogP contribution is 2.37. The zero-order valence-corrected chi connectivity index (χ0v) is 12.7. The second kappa shape index (κ2) is 6.42. The molecule has 0 aromatic carbocycles. The zero-order chi connectivity index (χ0) is 13.8. The molecule has 19 heavy (non-hydrogen) atoms. The van der Waals surface area contributed by atoms with Gasteiger partial charge in [-0.1, -0.05) is 38.5 Å². The minimum atomic E-state index is 0.500. The van der Waals surface area contributed by atoms with Gasteiger partial charge in [-0.05, 0) is 56.3 Å². The Labute approximate surface area is 118 Å². The van der Waals surface area contributed by atoms with E-state index in [1.54, 1.807) is 5.57 Å². The SMILES string of the molecule is CCCN(CCC)C1CC2=C(C1)C(C)C=C(N)C=C2. The lowest BCUT2D eigenvalue weighted by atomic mass is 9.97. The van der Waals surface area contributed by atoms with E-state index in [0.717, 1.165) is 5.70 Å². The van der Waals surface area contributed by atoms with Gasteiger partial charge in [0.1, 0.15) is 0 Å². The fraction of sp³-hybridized carbons (Fsp3) is 0.647. The molecule has 0 aliphatic heterocycles. The second-order valence-corrected chi connectivity index (χ2v) is 5.94. The van der Waals surface area contributed by atoms with E-state index in [4.69, 9.17) is 5.73 Å². The van der Waals surface area contributed by atoms with Crippen LogP contribution < -0.4 is 5.73 Å². The van der Waals surface area contributed by atoms with Crippen molar-refractivity contribution in [3.8, 4) is 0 Å². The van der Waals surface area contributed by atoms with Crippen molar-refractivity contribution in [2.45, 2.75) is 52.5 Å². The summed E-state index contributed by atoms with van der Waals surface area (Å²) in [5, 5.41) is 0. The van der Waals surface area contributed by atoms with Crippen LogP contribution in [0.5, 0.6) is 0 Å². The topological polar surface area (TPSA) is 29.3 Å². The van der Waals surface area contributed by atoms with E-state index in [9.17, 15) is 0 Å². The molecule has 2 nitrogen and oxygen atoms in total. The molecule has 0 aromatic rings. The average Bonchev–Trinajstić information content (AvgIpc) is 2.75. The Morgan fingerprint density at radius 1 is 1.16 bits per heavy atom. The summed E-state index contributed by atoms with van der Waals surface area (Å²) in [7, 11) is 0. The first-order valence-corrected chi connectivity index (χ1v) is 7.77. The van der Waals surface area contributed by atoms with E-state index in [0.29, 0.717) is 12.0 Å². The maximum Gasteiger partial charge on any atom is 0.0279 e. The predicted molar refractivity (Wildman–Crippen MR) is 82.8 cm³/mol. The van der Waals surface area contributed by atoms with Gasteiger partial charge in [0.05, 0.1) is 0 Å². The molecular formula is C17H28N2. The van der Waals surface area contributed by atoms with E-state index < -0.39 is 0 Å². The molecule has 0 bridgehead atoms. The normalized spacial score (nSPS) is 26.6. The third-order valence-corrected chi connectivity index (χ3v) is 4.33. The van der Waals surface area contributed by atoms with E-state index in [2.05, 4.69) is 43.9 Å². The van der Waals surface area contributed by atoms with Crippen LogP contribution in [-0.4, -0.2) is 24.0 Å². The first-order valence-electron chi connectivity index (χ1n) is 7.77. The molecule has 0 spiro atoms. The summed E-state index contributed by atoms with van der Waals surface area (Å²) in [6.07, 6.45) is 11.5. The van der Waals surface area contributed by atoms with E-state index in [-0.39, 0.29) is 0 Å². The molecule has 2 atom stereocenters. The van der Waals surface area contributed by atoms with Crippen molar-refractivity contribution >= 4 is 0 Å². The molecule has 0 aromatic heterocycles. The lowest BCUT2D eigenvalue weighted by Gasteiger charge is -2.29. The zero-order valence-electron chi connectivity index (χ0n) is 12.7. The van der Waals surface area contributed by atoms with Crippen molar-refractivity contribution < 1.29 is 0 Å². The molecule has 0 fully saturated rings. The molecule has 0 saturated carbocycles. The number of nitrogens with two attached hydrogens (primary N) is 1. The molecule has 0 heterocycles. The summed E-state index contributed by atoms with van der Waals surface area (Å²) in [6.45, 7) is 9.30. The Kier molecular flexibility index (Phi) is 4.87. The van der Waals surface area contributed by atoms with Gasteiger partial charge in [-0.15, -0.1) is 0 Å². The summed E-state index contributed by atoms with van der Waals surface area (Å²) < 4.78 is 0. The highest BCUT2D eigenvalue weighted by Gasteiger charge is 2.29. The van der Waals surface area contributed by atoms with Gasteiger partial charge in [0.25, 0.3) is 0 Å². The van der Waals surface area contributed by atoms with Crippen molar-refractivity contribution in [1.82, 2.24) is 4.90 Å². The Hall–Kier alpha value is -1.02. The summed E-state index contributed by atoms with van der Waals surface area (Å²) in [6, 6.07) is 0.713. The average molecular weight is 260 g/mol. The van der Waals surface area contributed by atoms with E-state index in [1.807, 2.05) is 0 Å². The number of rotatable bonds is 5. The highest BCUT2D eigenvalue weighted by atomic mass is 15.1. The maximum absolute atomic E-state index is 5.96. The molecule has 0 saturated heterocycles. The molecule has 106 valence electrons. The van der Waals surface area contributed by atoms with Crippen LogP contribution in [0.4, 0.5) is 0 Å². The molecule has 2 aliphatic rings. The van der Waals surface area contributed by atoms with Crippen LogP contribution in [0.2, 0.25) is 0 Å². The van der Waals surface area contributed by atoms with Gasteiger partial charge in [-0.3, -0.25) is 4.90 Å². The maximum atomic E-state index is 5.96. The minimum absolute atomic E-state index is 0.500. The van der Waals surface area contributed by atoms with Crippen molar-refractivity contribution in [2.24, 2.45) is 11.7 Å². The van der Waals surface area contributed by atoms with Gasteiger partial charge in [-0.2, -0.15) is 0 Å². The summed E-state index contributed by atoms with van der Waals surface area (Å²) >= 11 is 0. The summed E-state index contributed by atoms with van der Waals surface area (Å²) in [5.41, 5.74) is 10.0. The van der Waals surface area contributed by atoms with Crippen molar-refractivity contribution in [2.75, 3.05) is 13.1 Å². The van der Waals surface area contributed by atoms with Crippen LogP contribution >= 0.6 is 0 Å². The van der Waals surface area contributed by atoms with Crippen LogP contribution in [-0.2, 0) is 0 Å². The fourth-order valence-corrected chi connectivity index (χ4v) is 3.45. The van der Waals surface area contributed by atoms with Gasteiger partial charge < -0.3 is 5.73 Å². The molecule has 2 heteroatoms. The largest absolute Gasteiger partial charge is 0.399 e. The van der Waals surface area contributed by atoms with Crippen LogP contribution in [0.3, 0.4) is 0 Å². The van der Waals surface area contributed by atoms with E-state index in [1.165, 1.54) is 44.3 Å². The lowest BCUT2D eigenvalue weighted by Crippen LogP contribution is -2.35. The molecule has 0 radical (unpaired) electrons. The van der Waals surface area contributed by atoms with Gasteiger partial charge in [0.15, 0.2) is 0 Å². The Balaban J connectivity index is 2.08. The lowest BCUT2D eigenvalue weighted by molar-refractivity contribution is 0.200. The predicted octanol–water partition coefficient (Wildman–Crippen LogP) is 3.62. The van der Waals surface area contributed by atoms with Crippen LogP contribution in [0, 0.1) is 5.92 Å².